The highest BCUT2D eigenvalue weighted by Crippen LogP contribution is 2.31. The molecule has 0 saturated carbocycles. The van der Waals surface area contributed by atoms with E-state index in [0.717, 1.165) is 51.3 Å². The van der Waals surface area contributed by atoms with Crippen molar-refractivity contribution in [2.75, 3.05) is 63.9 Å². The van der Waals surface area contributed by atoms with Crippen molar-refractivity contribution in [2.45, 2.75) is 25.6 Å². The molecule has 1 spiro atoms. The predicted molar refractivity (Wildman–Crippen MR) is 98.3 cm³/mol. The van der Waals surface area contributed by atoms with Crippen molar-refractivity contribution in [3.05, 3.63) is 24.0 Å². The lowest BCUT2D eigenvalue weighted by Gasteiger charge is -2.37. The molecule has 1 aromatic rings. The first kappa shape index (κ1) is 17.7. The highest BCUT2D eigenvalue weighted by Gasteiger charge is 2.41. The first-order valence-electron chi connectivity index (χ1n) is 9.70. The summed E-state index contributed by atoms with van der Waals surface area (Å²) in [5, 5.41) is 0. The van der Waals surface area contributed by atoms with Crippen LogP contribution in [0.2, 0.25) is 0 Å². The number of ether oxygens (including phenoxy) is 2. The molecule has 3 fully saturated rings. The molecule has 142 valence electrons. The van der Waals surface area contributed by atoms with Gasteiger partial charge in [0.1, 0.15) is 5.69 Å². The van der Waals surface area contributed by atoms with Gasteiger partial charge in [-0.3, -0.25) is 9.78 Å². The number of piperazine rings is 1. The van der Waals surface area contributed by atoms with Crippen LogP contribution in [0, 0.1) is 0 Å². The quantitative estimate of drug-likeness (QED) is 0.807. The van der Waals surface area contributed by atoms with Gasteiger partial charge in [-0.05, 0) is 18.7 Å². The van der Waals surface area contributed by atoms with E-state index in [-0.39, 0.29) is 5.91 Å². The van der Waals surface area contributed by atoms with Crippen LogP contribution in [0.1, 0.15) is 30.3 Å². The predicted octanol–water partition coefficient (Wildman–Crippen LogP) is 1.20. The summed E-state index contributed by atoms with van der Waals surface area (Å²) in [7, 11) is 0. The van der Waals surface area contributed by atoms with Crippen molar-refractivity contribution in [3.8, 4) is 0 Å². The van der Waals surface area contributed by atoms with E-state index in [1.54, 1.807) is 6.20 Å². The van der Waals surface area contributed by atoms with E-state index in [0.29, 0.717) is 32.0 Å². The fraction of sp³-hybridized carbons (Fsp3) is 0.684. The normalized spacial score (nSPS) is 23.6. The molecule has 3 aliphatic rings. The van der Waals surface area contributed by atoms with Gasteiger partial charge in [0, 0.05) is 64.0 Å². The number of carbonyl (C=O) groups is 1. The second-order valence-electron chi connectivity index (χ2n) is 7.22. The summed E-state index contributed by atoms with van der Waals surface area (Å²) in [6, 6.07) is 3.95. The standard InChI is InChI=1S/C19H28N4O3/c1-2-21-9-11-22(12-10-21)16-3-6-20-17(15-16)18(24)23-7-4-19(5-8-23)25-13-14-26-19/h3,6,15H,2,4-5,7-14H2,1H3. The van der Waals surface area contributed by atoms with Crippen molar-refractivity contribution >= 4 is 11.6 Å². The number of anilines is 1. The van der Waals surface area contributed by atoms with Gasteiger partial charge in [-0.1, -0.05) is 6.92 Å². The smallest absolute Gasteiger partial charge is 0.272 e. The fourth-order valence-corrected chi connectivity index (χ4v) is 4.05. The van der Waals surface area contributed by atoms with E-state index in [1.165, 1.54) is 0 Å². The van der Waals surface area contributed by atoms with Crippen LogP contribution in [0.15, 0.2) is 18.3 Å². The summed E-state index contributed by atoms with van der Waals surface area (Å²) in [4.78, 5) is 23.9. The van der Waals surface area contributed by atoms with Crippen LogP contribution in [0.25, 0.3) is 0 Å². The molecule has 7 nitrogen and oxygen atoms in total. The van der Waals surface area contributed by atoms with E-state index in [2.05, 4.69) is 21.7 Å². The maximum Gasteiger partial charge on any atom is 0.272 e. The van der Waals surface area contributed by atoms with Crippen molar-refractivity contribution in [2.24, 2.45) is 0 Å². The highest BCUT2D eigenvalue weighted by molar-refractivity contribution is 5.93. The molecular formula is C19H28N4O3. The van der Waals surface area contributed by atoms with Crippen LogP contribution in [0.5, 0.6) is 0 Å². The molecule has 26 heavy (non-hydrogen) atoms. The minimum Gasteiger partial charge on any atom is -0.369 e. The van der Waals surface area contributed by atoms with Crippen LogP contribution >= 0.6 is 0 Å². The summed E-state index contributed by atoms with van der Waals surface area (Å²) in [6.45, 7) is 10.0. The minimum atomic E-state index is -0.453. The van der Waals surface area contributed by atoms with Gasteiger partial charge >= 0.3 is 0 Å². The van der Waals surface area contributed by atoms with Crippen LogP contribution in [0.4, 0.5) is 5.69 Å². The zero-order chi connectivity index (χ0) is 18.0. The molecule has 7 heteroatoms. The molecule has 1 amide bonds. The lowest BCUT2D eigenvalue weighted by atomic mass is 10.0. The molecule has 4 rings (SSSR count). The van der Waals surface area contributed by atoms with Crippen LogP contribution in [-0.4, -0.2) is 85.5 Å². The lowest BCUT2D eigenvalue weighted by molar-refractivity contribution is -0.181. The molecule has 3 aliphatic heterocycles. The van der Waals surface area contributed by atoms with E-state index < -0.39 is 5.79 Å². The molecule has 0 radical (unpaired) electrons. The van der Waals surface area contributed by atoms with E-state index in [4.69, 9.17) is 9.47 Å². The van der Waals surface area contributed by atoms with Gasteiger partial charge in [-0.2, -0.15) is 0 Å². The van der Waals surface area contributed by atoms with Gasteiger partial charge in [0.05, 0.1) is 13.2 Å². The number of aromatic nitrogens is 1. The number of likely N-dealkylation sites (tertiary alicyclic amines) is 1. The molecule has 0 bridgehead atoms. The second-order valence-corrected chi connectivity index (χ2v) is 7.22. The molecule has 0 aliphatic carbocycles. The molecule has 0 N–H and O–H groups in total. The zero-order valence-corrected chi connectivity index (χ0v) is 15.5. The third-order valence-electron chi connectivity index (χ3n) is 5.77. The van der Waals surface area contributed by atoms with Gasteiger partial charge in [-0.25, -0.2) is 0 Å². The number of amides is 1. The zero-order valence-electron chi connectivity index (χ0n) is 15.5. The van der Waals surface area contributed by atoms with Crippen molar-refractivity contribution in [1.82, 2.24) is 14.8 Å². The van der Waals surface area contributed by atoms with Gasteiger partial charge in [0.25, 0.3) is 5.91 Å². The lowest BCUT2D eigenvalue weighted by Crippen LogP contribution is -2.47. The third kappa shape index (κ3) is 3.56. The summed E-state index contributed by atoms with van der Waals surface area (Å²) >= 11 is 0. The maximum atomic E-state index is 12.9. The Kier molecular flexibility index (Phi) is 5.11. The SMILES string of the molecule is CCN1CCN(c2ccnc(C(=O)N3CCC4(CC3)OCCO4)c2)CC1. The third-order valence-corrected chi connectivity index (χ3v) is 5.77. The highest BCUT2D eigenvalue weighted by atomic mass is 16.7. The monoisotopic (exact) mass is 360 g/mol. The number of piperidine rings is 1. The second kappa shape index (κ2) is 7.50. The number of pyridine rings is 1. The fourth-order valence-electron chi connectivity index (χ4n) is 4.05. The van der Waals surface area contributed by atoms with Crippen LogP contribution in [0.3, 0.4) is 0 Å². The average molecular weight is 360 g/mol. The number of rotatable bonds is 3. The topological polar surface area (TPSA) is 58.1 Å². The molecule has 0 aromatic carbocycles. The van der Waals surface area contributed by atoms with Crippen molar-refractivity contribution in [1.29, 1.82) is 0 Å². The summed E-state index contributed by atoms with van der Waals surface area (Å²) in [5.41, 5.74) is 1.62. The Labute approximate surface area is 154 Å². The Morgan fingerprint density at radius 2 is 1.81 bits per heavy atom. The Balaban J connectivity index is 1.39. The maximum absolute atomic E-state index is 12.9. The number of hydrogen-bond acceptors (Lipinski definition) is 6. The molecule has 3 saturated heterocycles. The number of carbonyl (C=O) groups excluding carboxylic acids is 1. The van der Waals surface area contributed by atoms with Crippen molar-refractivity contribution < 1.29 is 14.3 Å². The van der Waals surface area contributed by atoms with Gasteiger partial charge in [-0.15, -0.1) is 0 Å². The summed E-state index contributed by atoms with van der Waals surface area (Å²) in [5.74, 6) is -0.447. The number of nitrogens with zero attached hydrogens (tertiary/aromatic N) is 4. The molecule has 4 heterocycles. The molecule has 0 atom stereocenters. The largest absolute Gasteiger partial charge is 0.369 e. The summed E-state index contributed by atoms with van der Waals surface area (Å²) < 4.78 is 11.5. The first-order chi connectivity index (χ1) is 12.7. The van der Waals surface area contributed by atoms with E-state index in [9.17, 15) is 4.79 Å². The van der Waals surface area contributed by atoms with Gasteiger partial charge < -0.3 is 24.2 Å². The Morgan fingerprint density at radius 1 is 1.12 bits per heavy atom. The van der Waals surface area contributed by atoms with Crippen LogP contribution < -0.4 is 4.90 Å². The number of likely N-dealkylation sites (N-methyl/N-ethyl adjacent to an activating group) is 1. The average Bonchev–Trinajstić information content (AvgIpc) is 3.16. The van der Waals surface area contributed by atoms with Gasteiger partial charge in [0.15, 0.2) is 5.79 Å². The molecular weight excluding hydrogens is 332 g/mol. The Hall–Kier alpha value is -1.70. The Bertz CT molecular complexity index is 629. The van der Waals surface area contributed by atoms with E-state index >= 15 is 0 Å². The summed E-state index contributed by atoms with van der Waals surface area (Å²) in [6.07, 6.45) is 3.22. The van der Waals surface area contributed by atoms with Gasteiger partial charge in [0.2, 0.25) is 0 Å². The molecule has 0 unspecified atom stereocenters. The van der Waals surface area contributed by atoms with Crippen LogP contribution in [-0.2, 0) is 9.47 Å². The minimum absolute atomic E-state index is 0.00638. The van der Waals surface area contributed by atoms with E-state index in [1.807, 2.05) is 17.0 Å². The Morgan fingerprint density at radius 3 is 2.46 bits per heavy atom. The van der Waals surface area contributed by atoms with Crippen molar-refractivity contribution in [3.63, 3.8) is 0 Å². The molecule has 1 aromatic heterocycles. The first-order valence-corrected chi connectivity index (χ1v) is 9.70. The number of hydrogen-bond donors (Lipinski definition) is 0.